The molecule has 1 aromatic carbocycles. The van der Waals surface area contributed by atoms with E-state index in [0.717, 1.165) is 17.0 Å². The van der Waals surface area contributed by atoms with Crippen LogP contribution in [-0.4, -0.2) is 12.6 Å². The minimum Gasteiger partial charge on any atom is -0.471 e. The van der Waals surface area contributed by atoms with E-state index >= 15 is 0 Å². The SMILES string of the molecule is Cc1cc(Cl)cc2c1OC(C#N)CN2. The van der Waals surface area contributed by atoms with E-state index in [9.17, 15) is 0 Å². The first kappa shape index (κ1) is 9.17. The fourth-order valence-corrected chi connectivity index (χ4v) is 1.75. The Morgan fingerprint density at radius 3 is 3.14 bits per heavy atom. The number of fused-ring (bicyclic) bond motifs is 1. The normalized spacial score (nSPS) is 18.8. The van der Waals surface area contributed by atoms with E-state index in [0.29, 0.717) is 11.6 Å². The lowest BCUT2D eigenvalue weighted by Gasteiger charge is -2.24. The molecule has 0 fully saturated rings. The smallest absolute Gasteiger partial charge is 0.201 e. The van der Waals surface area contributed by atoms with Gasteiger partial charge in [-0.25, -0.2) is 0 Å². The van der Waals surface area contributed by atoms with E-state index in [1.807, 2.05) is 13.0 Å². The summed E-state index contributed by atoms with van der Waals surface area (Å²) in [4.78, 5) is 0. The van der Waals surface area contributed by atoms with E-state index in [1.165, 1.54) is 0 Å². The van der Waals surface area contributed by atoms with E-state index in [-0.39, 0.29) is 0 Å². The van der Waals surface area contributed by atoms with Crippen LogP contribution in [-0.2, 0) is 0 Å². The maximum Gasteiger partial charge on any atom is 0.201 e. The van der Waals surface area contributed by atoms with Crippen LogP contribution < -0.4 is 10.1 Å². The first-order chi connectivity index (χ1) is 6.70. The molecule has 0 amide bonds. The van der Waals surface area contributed by atoms with Gasteiger partial charge >= 0.3 is 0 Å². The Morgan fingerprint density at radius 1 is 1.64 bits per heavy atom. The molecule has 0 aromatic heterocycles. The number of nitrogens with one attached hydrogen (secondary N) is 1. The summed E-state index contributed by atoms with van der Waals surface area (Å²) in [5.74, 6) is 0.729. The van der Waals surface area contributed by atoms with Crippen molar-refractivity contribution in [1.29, 1.82) is 5.26 Å². The van der Waals surface area contributed by atoms with E-state index in [2.05, 4.69) is 11.4 Å². The number of hydrogen-bond donors (Lipinski definition) is 1. The maximum atomic E-state index is 8.72. The molecule has 0 spiro atoms. The first-order valence-electron chi connectivity index (χ1n) is 4.31. The van der Waals surface area contributed by atoms with Gasteiger partial charge in [-0.3, -0.25) is 0 Å². The Balaban J connectivity index is 2.43. The molecule has 4 heteroatoms. The first-order valence-corrected chi connectivity index (χ1v) is 4.69. The second-order valence-corrected chi connectivity index (χ2v) is 3.65. The number of hydrogen-bond acceptors (Lipinski definition) is 3. The third kappa shape index (κ3) is 1.49. The lowest BCUT2D eigenvalue weighted by Crippen LogP contribution is -2.29. The molecule has 1 aromatic rings. The Bertz CT molecular complexity index is 411. The molecular formula is C10H9ClN2O. The molecule has 14 heavy (non-hydrogen) atoms. The topological polar surface area (TPSA) is 45.0 Å². The van der Waals surface area contributed by atoms with Crippen molar-refractivity contribution in [2.24, 2.45) is 0 Å². The average molecular weight is 209 g/mol. The maximum absolute atomic E-state index is 8.72. The molecule has 1 aliphatic rings. The molecular weight excluding hydrogens is 200 g/mol. The fourth-order valence-electron chi connectivity index (χ4n) is 1.48. The van der Waals surface area contributed by atoms with Crippen LogP contribution in [0.15, 0.2) is 12.1 Å². The summed E-state index contributed by atoms with van der Waals surface area (Å²) in [5, 5.41) is 12.5. The Hall–Kier alpha value is -1.40. The van der Waals surface area contributed by atoms with Crippen LogP contribution in [0.3, 0.4) is 0 Å². The predicted octanol–water partition coefficient (Wildman–Crippen LogP) is 2.34. The van der Waals surface area contributed by atoms with Gasteiger partial charge in [-0.15, -0.1) is 0 Å². The van der Waals surface area contributed by atoms with Crippen molar-refractivity contribution >= 4 is 17.3 Å². The van der Waals surface area contributed by atoms with Crippen LogP contribution >= 0.6 is 11.6 Å². The molecule has 1 N–H and O–H groups in total. The number of benzene rings is 1. The van der Waals surface area contributed by atoms with Gasteiger partial charge in [0.2, 0.25) is 6.10 Å². The minimum atomic E-state index is -0.414. The van der Waals surface area contributed by atoms with Crippen LogP contribution in [0.1, 0.15) is 5.56 Å². The highest BCUT2D eigenvalue weighted by atomic mass is 35.5. The molecule has 72 valence electrons. The molecule has 0 aliphatic carbocycles. The third-order valence-electron chi connectivity index (χ3n) is 2.12. The van der Waals surface area contributed by atoms with Crippen LogP contribution in [0.4, 0.5) is 5.69 Å². The number of nitriles is 1. The van der Waals surface area contributed by atoms with Gasteiger partial charge in [0, 0.05) is 5.02 Å². The van der Waals surface area contributed by atoms with Crippen molar-refractivity contribution in [2.75, 3.05) is 11.9 Å². The van der Waals surface area contributed by atoms with Crippen molar-refractivity contribution in [1.82, 2.24) is 0 Å². The van der Waals surface area contributed by atoms with Gasteiger partial charge < -0.3 is 10.1 Å². The lowest BCUT2D eigenvalue weighted by atomic mass is 10.1. The zero-order valence-electron chi connectivity index (χ0n) is 7.67. The van der Waals surface area contributed by atoms with E-state index in [4.69, 9.17) is 21.6 Å². The molecule has 0 bridgehead atoms. The van der Waals surface area contributed by atoms with Gasteiger partial charge in [0.05, 0.1) is 12.2 Å². The van der Waals surface area contributed by atoms with Gasteiger partial charge in [-0.1, -0.05) is 11.6 Å². The largest absolute Gasteiger partial charge is 0.471 e. The minimum absolute atomic E-state index is 0.414. The third-order valence-corrected chi connectivity index (χ3v) is 2.34. The zero-order valence-corrected chi connectivity index (χ0v) is 8.43. The number of ether oxygens (including phenoxy) is 1. The second-order valence-electron chi connectivity index (χ2n) is 3.22. The summed E-state index contributed by atoms with van der Waals surface area (Å²) >= 11 is 5.89. The molecule has 0 saturated carbocycles. The summed E-state index contributed by atoms with van der Waals surface area (Å²) < 4.78 is 5.48. The molecule has 1 unspecified atom stereocenters. The Morgan fingerprint density at radius 2 is 2.43 bits per heavy atom. The second kappa shape index (κ2) is 3.39. The van der Waals surface area contributed by atoms with Crippen LogP contribution in [0.5, 0.6) is 5.75 Å². The summed E-state index contributed by atoms with van der Waals surface area (Å²) in [6, 6.07) is 5.69. The molecule has 2 rings (SSSR count). The highest BCUT2D eigenvalue weighted by Crippen LogP contribution is 2.35. The van der Waals surface area contributed by atoms with E-state index < -0.39 is 6.10 Å². The molecule has 0 radical (unpaired) electrons. The quantitative estimate of drug-likeness (QED) is 0.712. The average Bonchev–Trinajstić information content (AvgIpc) is 2.17. The van der Waals surface area contributed by atoms with Gasteiger partial charge in [-0.05, 0) is 24.6 Å². The standard InChI is InChI=1S/C10H9ClN2O/c1-6-2-7(11)3-9-10(6)14-8(4-12)5-13-9/h2-3,8,13H,5H2,1H3. The molecule has 1 atom stereocenters. The monoisotopic (exact) mass is 208 g/mol. The summed E-state index contributed by atoms with van der Waals surface area (Å²) in [5.41, 5.74) is 1.81. The molecule has 3 nitrogen and oxygen atoms in total. The summed E-state index contributed by atoms with van der Waals surface area (Å²) in [6.45, 7) is 2.41. The van der Waals surface area contributed by atoms with Gasteiger partial charge in [0.15, 0.2) is 0 Å². The molecule has 1 heterocycles. The predicted molar refractivity (Wildman–Crippen MR) is 54.7 cm³/mol. The van der Waals surface area contributed by atoms with Crippen molar-refractivity contribution in [3.8, 4) is 11.8 Å². The van der Waals surface area contributed by atoms with Gasteiger partial charge in [0.1, 0.15) is 11.8 Å². The van der Waals surface area contributed by atoms with Gasteiger partial charge in [0.25, 0.3) is 0 Å². The lowest BCUT2D eigenvalue weighted by molar-refractivity contribution is 0.258. The number of rotatable bonds is 0. The van der Waals surface area contributed by atoms with Crippen molar-refractivity contribution < 1.29 is 4.74 Å². The van der Waals surface area contributed by atoms with Crippen LogP contribution in [0, 0.1) is 18.3 Å². The van der Waals surface area contributed by atoms with Gasteiger partial charge in [-0.2, -0.15) is 5.26 Å². The number of halogens is 1. The Kier molecular flexibility index (Phi) is 2.22. The van der Waals surface area contributed by atoms with Crippen LogP contribution in [0.2, 0.25) is 5.02 Å². The Labute approximate surface area is 87.2 Å². The van der Waals surface area contributed by atoms with E-state index in [1.54, 1.807) is 6.07 Å². The van der Waals surface area contributed by atoms with Crippen molar-refractivity contribution in [2.45, 2.75) is 13.0 Å². The highest BCUT2D eigenvalue weighted by Gasteiger charge is 2.20. The number of nitrogens with zero attached hydrogens (tertiary/aromatic N) is 1. The number of anilines is 1. The van der Waals surface area contributed by atoms with Crippen LogP contribution in [0.25, 0.3) is 0 Å². The van der Waals surface area contributed by atoms with Crippen molar-refractivity contribution in [3.63, 3.8) is 0 Å². The summed E-state index contributed by atoms with van der Waals surface area (Å²) in [7, 11) is 0. The summed E-state index contributed by atoms with van der Waals surface area (Å²) in [6.07, 6.45) is -0.414. The fraction of sp³-hybridized carbons (Fsp3) is 0.300. The van der Waals surface area contributed by atoms with Crippen molar-refractivity contribution in [3.05, 3.63) is 22.7 Å². The number of aryl methyl sites for hydroxylation is 1. The highest BCUT2D eigenvalue weighted by molar-refractivity contribution is 6.31. The molecule has 0 saturated heterocycles. The zero-order chi connectivity index (χ0) is 10.1. The molecule has 1 aliphatic heterocycles.